The Hall–Kier alpha value is -1.63. The van der Waals surface area contributed by atoms with Crippen LogP contribution in [-0.4, -0.2) is 18.6 Å². The molecule has 3 nitrogen and oxygen atoms in total. The van der Waals surface area contributed by atoms with Gasteiger partial charge in [0.2, 0.25) is 5.91 Å². The highest BCUT2D eigenvalue weighted by molar-refractivity contribution is 5.92. The van der Waals surface area contributed by atoms with E-state index < -0.39 is 29.7 Å². The van der Waals surface area contributed by atoms with Crippen LogP contribution in [0.25, 0.3) is 0 Å². The van der Waals surface area contributed by atoms with Gasteiger partial charge >= 0.3 is 6.18 Å². The van der Waals surface area contributed by atoms with Gasteiger partial charge in [-0.2, -0.15) is 13.2 Å². The van der Waals surface area contributed by atoms with Crippen molar-refractivity contribution < 1.29 is 22.4 Å². The molecule has 1 aromatic carbocycles. The lowest BCUT2D eigenvalue weighted by molar-refractivity contribution is -0.185. The second-order valence-electron chi connectivity index (χ2n) is 6.58. The Kier molecular flexibility index (Phi) is 4.80. The van der Waals surface area contributed by atoms with Gasteiger partial charge in [-0.15, -0.1) is 0 Å². The highest BCUT2D eigenvalue weighted by atomic mass is 19.4. The van der Waals surface area contributed by atoms with Crippen molar-refractivity contribution in [2.45, 2.75) is 44.8 Å². The molecule has 3 rings (SSSR count). The molecule has 7 heteroatoms. The SMILES string of the molecule is O=C(Nc1ccc2c(c1F)CCNC2)C1CCCC(C(F)(F)F)C1. The lowest BCUT2D eigenvalue weighted by atomic mass is 9.80. The molecule has 0 bridgehead atoms. The van der Waals surface area contributed by atoms with Gasteiger partial charge in [0.1, 0.15) is 5.82 Å². The minimum absolute atomic E-state index is 0.0630. The normalized spacial score (nSPS) is 24.3. The second kappa shape index (κ2) is 6.70. The second-order valence-corrected chi connectivity index (χ2v) is 6.58. The standard InChI is InChI=1S/C17H20F4N2O/c18-15-13-6-7-22-9-11(13)4-5-14(15)23-16(24)10-2-1-3-12(8-10)17(19,20)21/h4-5,10,12,22H,1-3,6-9H2,(H,23,24). The average Bonchev–Trinajstić information content (AvgIpc) is 2.57. The number of carbonyl (C=O) groups is 1. The minimum atomic E-state index is -4.27. The van der Waals surface area contributed by atoms with Crippen molar-refractivity contribution in [3.63, 3.8) is 0 Å². The topological polar surface area (TPSA) is 41.1 Å². The molecule has 0 saturated heterocycles. The third kappa shape index (κ3) is 3.55. The molecule has 1 heterocycles. The highest BCUT2D eigenvalue weighted by Gasteiger charge is 2.43. The maximum atomic E-state index is 14.5. The molecular formula is C17H20F4N2O. The molecule has 2 atom stereocenters. The summed E-state index contributed by atoms with van der Waals surface area (Å²) in [4.78, 5) is 12.3. The number of nitrogens with one attached hydrogen (secondary N) is 2. The van der Waals surface area contributed by atoms with Gasteiger partial charge in [-0.3, -0.25) is 4.79 Å². The Morgan fingerprint density at radius 2 is 2.04 bits per heavy atom. The summed E-state index contributed by atoms with van der Waals surface area (Å²) in [6.45, 7) is 1.24. The zero-order chi connectivity index (χ0) is 17.3. The van der Waals surface area contributed by atoms with Crippen molar-refractivity contribution >= 4 is 11.6 Å². The van der Waals surface area contributed by atoms with E-state index in [1.807, 2.05) is 0 Å². The number of amides is 1. The van der Waals surface area contributed by atoms with Crippen LogP contribution >= 0.6 is 0 Å². The zero-order valence-electron chi connectivity index (χ0n) is 13.2. The predicted molar refractivity (Wildman–Crippen MR) is 81.9 cm³/mol. The zero-order valence-corrected chi connectivity index (χ0v) is 13.2. The average molecular weight is 344 g/mol. The van der Waals surface area contributed by atoms with E-state index in [0.29, 0.717) is 37.9 Å². The van der Waals surface area contributed by atoms with E-state index in [9.17, 15) is 22.4 Å². The molecule has 2 N–H and O–H groups in total. The van der Waals surface area contributed by atoms with Gasteiger partial charge in [0.25, 0.3) is 0 Å². The lowest BCUT2D eigenvalue weighted by Crippen LogP contribution is -2.34. The van der Waals surface area contributed by atoms with Crippen molar-refractivity contribution in [3.8, 4) is 0 Å². The summed E-state index contributed by atoms with van der Waals surface area (Å²) in [6.07, 6.45) is -3.12. The summed E-state index contributed by atoms with van der Waals surface area (Å²) in [7, 11) is 0. The maximum Gasteiger partial charge on any atom is 0.391 e. The molecule has 1 aliphatic carbocycles. The maximum absolute atomic E-state index is 14.5. The first-order chi connectivity index (χ1) is 11.4. The van der Waals surface area contributed by atoms with Gasteiger partial charge in [-0.25, -0.2) is 4.39 Å². The quantitative estimate of drug-likeness (QED) is 0.802. The van der Waals surface area contributed by atoms with Crippen LogP contribution in [0.3, 0.4) is 0 Å². The molecule has 24 heavy (non-hydrogen) atoms. The number of rotatable bonds is 2. The molecule has 2 unspecified atom stereocenters. The summed E-state index contributed by atoms with van der Waals surface area (Å²) in [5.74, 6) is -3.15. The first kappa shape index (κ1) is 17.2. The fraction of sp³-hybridized carbons (Fsp3) is 0.588. The monoisotopic (exact) mass is 344 g/mol. The first-order valence-electron chi connectivity index (χ1n) is 8.25. The van der Waals surface area contributed by atoms with Crippen LogP contribution in [0.4, 0.5) is 23.2 Å². The Morgan fingerprint density at radius 3 is 2.79 bits per heavy atom. The van der Waals surface area contributed by atoms with Crippen LogP contribution in [-0.2, 0) is 17.8 Å². The van der Waals surface area contributed by atoms with Gasteiger partial charge in [0.15, 0.2) is 0 Å². The molecule has 1 saturated carbocycles. The van der Waals surface area contributed by atoms with Gasteiger partial charge in [-0.1, -0.05) is 12.5 Å². The third-order valence-corrected chi connectivity index (χ3v) is 4.97. The van der Waals surface area contributed by atoms with Crippen molar-refractivity contribution in [1.82, 2.24) is 5.32 Å². The Bertz CT molecular complexity index is 630. The van der Waals surface area contributed by atoms with Crippen molar-refractivity contribution in [2.75, 3.05) is 11.9 Å². The highest BCUT2D eigenvalue weighted by Crippen LogP contribution is 2.40. The number of halogens is 4. The van der Waals surface area contributed by atoms with Crippen LogP contribution in [0.1, 0.15) is 36.8 Å². The number of fused-ring (bicyclic) bond motifs is 1. The number of carbonyl (C=O) groups excluding carboxylic acids is 1. The van der Waals surface area contributed by atoms with Gasteiger partial charge < -0.3 is 10.6 Å². The van der Waals surface area contributed by atoms with Crippen LogP contribution in [0.5, 0.6) is 0 Å². The Balaban J connectivity index is 1.71. The lowest BCUT2D eigenvalue weighted by Gasteiger charge is -2.30. The summed E-state index contributed by atoms with van der Waals surface area (Å²) in [5.41, 5.74) is 1.49. The Morgan fingerprint density at radius 1 is 1.25 bits per heavy atom. The van der Waals surface area contributed by atoms with Crippen molar-refractivity contribution in [2.24, 2.45) is 11.8 Å². The third-order valence-electron chi connectivity index (χ3n) is 4.97. The first-order valence-corrected chi connectivity index (χ1v) is 8.25. The van der Waals surface area contributed by atoms with E-state index >= 15 is 0 Å². The van der Waals surface area contributed by atoms with Crippen LogP contribution < -0.4 is 10.6 Å². The number of anilines is 1. The van der Waals surface area contributed by atoms with E-state index in [0.717, 1.165) is 5.56 Å². The molecular weight excluding hydrogens is 324 g/mol. The summed E-state index contributed by atoms with van der Waals surface area (Å²) in [6, 6.07) is 3.24. The number of alkyl halides is 3. The minimum Gasteiger partial charge on any atom is -0.323 e. The molecule has 0 radical (unpaired) electrons. The van der Waals surface area contributed by atoms with Crippen LogP contribution in [0.15, 0.2) is 12.1 Å². The van der Waals surface area contributed by atoms with Crippen LogP contribution in [0, 0.1) is 17.7 Å². The number of hydrogen-bond donors (Lipinski definition) is 2. The molecule has 1 aliphatic heterocycles. The van der Waals surface area contributed by atoms with Crippen molar-refractivity contribution in [3.05, 3.63) is 29.1 Å². The molecule has 0 aromatic heterocycles. The van der Waals surface area contributed by atoms with Gasteiger partial charge in [-0.05, 0) is 49.4 Å². The predicted octanol–water partition coefficient (Wildman–Crippen LogP) is 3.78. The molecule has 0 spiro atoms. The van der Waals surface area contributed by atoms with Gasteiger partial charge in [0.05, 0.1) is 11.6 Å². The summed E-state index contributed by atoms with van der Waals surface area (Å²) in [5, 5.41) is 5.64. The van der Waals surface area contributed by atoms with E-state index in [-0.39, 0.29) is 18.5 Å². The molecule has 1 fully saturated rings. The number of benzene rings is 1. The fourth-order valence-electron chi connectivity index (χ4n) is 3.59. The summed E-state index contributed by atoms with van der Waals surface area (Å²) >= 11 is 0. The van der Waals surface area contributed by atoms with Crippen molar-refractivity contribution in [1.29, 1.82) is 0 Å². The molecule has 1 amide bonds. The summed E-state index contributed by atoms with van der Waals surface area (Å²) < 4.78 is 53.1. The van der Waals surface area contributed by atoms with E-state index in [2.05, 4.69) is 10.6 Å². The number of hydrogen-bond acceptors (Lipinski definition) is 2. The van der Waals surface area contributed by atoms with E-state index in [1.165, 1.54) is 6.07 Å². The smallest absolute Gasteiger partial charge is 0.323 e. The van der Waals surface area contributed by atoms with E-state index in [4.69, 9.17) is 0 Å². The molecule has 1 aromatic rings. The fourth-order valence-corrected chi connectivity index (χ4v) is 3.59. The largest absolute Gasteiger partial charge is 0.391 e. The van der Waals surface area contributed by atoms with Crippen LogP contribution in [0.2, 0.25) is 0 Å². The molecule has 132 valence electrons. The Labute approximate surface area is 137 Å². The van der Waals surface area contributed by atoms with Gasteiger partial charge in [0, 0.05) is 12.5 Å². The molecule has 2 aliphatic rings. The van der Waals surface area contributed by atoms with E-state index in [1.54, 1.807) is 6.07 Å².